The van der Waals surface area contributed by atoms with Crippen LogP contribution in [0.3, 0.4) is 0 Å². The third kappa shape index (κ3) is 32.2. The summed E-state index contributed by atoms with van der Waals surface area (Å²) in [6, 6.07) is -1.12. The lowest BCUT2D eigenvalue weighted by molar-refractivity contribution is -0.142. The number of hydrogen-bond acceptors (Lipinski definition) is 8. The predicted octanol–water partition coefficient (Wildman–Crippen LogP) is 5.32. The molecule has 0 aromatic heterocycles. The van der Waals surface area contributed by atoms with Gasteiger partial charge in [0.05, 0.1) is 19.8 Å². The normalized spacial score (nSPS) is 12.2. The van der Waals surface area contributed by atoms with Gasteiger partial charge in [-0.15, -0.1) is 0 Å². The van der Waals surface area contributed by atoms with Crippen molar-refractivity contribution >= 4 is 35.4 Å². The summed E-state index contributed by atoms with van der Waals surface area (Å²) in [6.07, 6.45) is 18.2. The SMILES string of the molecule is CC(=O)[C@@H](C)CCCCNC(=O)COCCOCCNC(=O)CC[C@H](NC(=O)CCCCCCCCCCCCCCCCC(=O)O)C(=O)O. The summed E-state index contributed by atoms with van der Waals surface area (Å²) in [7, 11) is 0. The zero-order valence-corrected chi connectivity index (χ0v) is 30.9. The summed E-state index contributed by atoms with van der Waals surface area (Å²) in [5.74, 6) is -2.51. The van der Waals surface area contributed by atoms with Crippen LogP contribution < -0.4 is 16.0 Å². The van der Waals surface area contributed by atoms with Gasteiger partial charge in [-0.25, -0.2) is 4.79 Å². The van der Waals surface area contributed by atoms with Crippen LogP contribution in [0.25, 0.3) is 0 Å². The first kappa shape index (κ1) is 46.9. The Kier molecular flexibility index (Phi) is 31.1. The molecule has 0 aliphatic rings. The van der Waals surface area contributed by atoms with Crippen LogP contribution in [-0.4, -0.2) is 91.2 Å². The number of carboxylic acids is 2. The van der Waals surface area contributed by atoms with Crippen molar-refractivity contribution in [3.8, 4) is 0 Å². The summed E-state index contributed by atoms with van der Waals surface area (Å²) < 4.78 is 10.7. The van der Waals surface area contributed by atoms with Gasteiger partial charge < -0.3 is 35.6 Å². The van der Waals surface area contributed by atoms with Crippen LogP contribution in [0, 0.1) is 5.92 Å². The molecule has 290 valence electrons. The Morgan fingerprint density at radius 1 is 0.540 bits per heavy atom. The summed E-state index contributed by atoms with van der Waals surface area (Å²) in [5, 5.41) is 26.1. The van der Waals surface area contributed by atoms with Crippen molar-refractivity contribution in [2.24, 2.45) is 5.92 Å². The van der Waals surface area contributed by atoms with Crippen LogP contribution in [0.4, 0.5) is 0 Å². The molecule has 50 heavy (non-hydrogen) atoms. The number of nitrogens with one attached hydrogen (secondary N) is 3. The maximum absolute atomic E-state index is 12.3. The first-order valence-corrected chi connectivity index (χ1v) is 19.0. The molecule has 0 unspecified atom stereocenters. The van der Waals surface area contributed by atoms with Crippen molar-refractivity contribution in [1.29, 1.82) is 0 Å². The molecule has 2 atom stereocenters. The van der Waals surface area contributed by atoms with Crippen LogP contribution >= 0.6 is 0 Å². The highest BCUT2D eigenvalue weighted by atomic mass is 16.5. The maximum atomic E-state index is 12.3. The van der Waals surface area contributed by atoms with Gasteiger partial charge in [0, 0.05) is 38.3 Å². The molecule has 13 nitrogen and oxygen atoms in total. The zero-order valence-electron chi connectivity index (χ0n) is 30.9. The average molecular weight is 714 g/mol. The molecule has 0 aliphatic heterocycles. The van der Waals surface area contributed by atoms with Gasteiger partial charge in [0.15, 0.2) is 0 Å². The van der Waals surface area contributed by atoms with Crippen molar-refractivity contribution < 1.29 is 48.5 Å². The molecule has 3 amide bonds. The van der Waals surface area contributed by atoms with E-state index in [4.69, 9.17) is 14.6 Å². The fourth-order valence-corrected chi connectivity index (χ4v) is 5.28. The smallest absolute Gasteiger partial charge is 0.326 e. The molecule has 0 rings (SSSR count). The van der Waals surface area contributed by atoms with E-state index in [0.717, 1.165) is 57.8 Å². The van der Waals surface area contributed by atoms with Crippen LogP contribution in [0.1, 0.15) is 149 Å². The molecular formula is C37H67N3O10. The second-order valence-electron chi connectivity index (χ2n) is 13.2. The first-order valence-electron chi connectivity index (χ1n) is 19.0. The second-order valence-corrected chi connectivity index (χ2v) is 13.2. The fraction of sp³-hybridized carbons (Fsp3) is 0.838. The molecule has 0 aliphatic carbocycles. The quantitative estimate of drug-likeness (QED) is 0.0530. The van der Waals surface area contributed by atoms with E-state index >= 15 is 0 Å². The molecule has 0 spiro atoms. The van der Waals surface area contributed by atoms with Crippen molar-refractivity contribution in [1.82, 2.24) is 16.0 Å². The number of unbranched alkanes of at least 4 members (excludes halogenated alkanes) is 14. The Balaban J connectivity index is 3.69. The lowest BCUT2D eigenvalue weighted by Gasteiger charge is -2.14. The first-order chi connectivity index (χ1) is 24.0. The van der Waals surface area contributed by atoms with E-state index in [2.05, 4.69) is 16.0 Å². The van der Waals surface area contributed by atoms with E-state index in [1.807, 2.05) is 6.92 Å². The van der Waals surface area contributed by atoms with Crippen molar-refractivity contribution in [2.75, 3.05) is 39.5 Å². The molecule has 13 heteroatoms. The molecule has 0 heterocycles. The highest BCUT2D eigenvalue weighted by Crippen LogP contribution is 2.14. The Bertz CT molecular complexity index is 946. The Labute approximate surface area is 299 Å². The summed E-state index contributed by atoms with van der Waals surface area (Å²) in [4.78, 5) is 69.5. The van der Waals surface area contributed by atoms with E-state index in [1.165, 1.54) is 44.9 Å². The Hall–Kier alpha value is -3.06. The van der Waals surface area contributed by atoms with Crippen LogP contribution in [0.15, 0.2) is 0 Å². The monoisotopic (exact) mass is 713 g/mol. The highest BCUT2D eigenvalue weighted by Gasteiger charge is 2.20. The predicted molar refractivity (Wildman–Crippen MR) is 192 cm³/mol. The molecule has 0 saturated heterocycles. The summed E-state index contributed by atoms with van der Waals surface area (Å²) in [5.41, 5.74) is 0. The number of carboxylic acid groups (broad SMARTS) is 2. The van der Waals surface area contributed by atoms with Gasteiger partial charge in [0.25, 0.3) is 0 Å². The lowest BCUT2D eigenvalue weighted by Crippen LogP contribution is -2.41. The van der Waals surface area contributed by atoms with Crippen LogP contribution in [0.2, 0.25) is 0 Å². The number of rotatable bonds is 36. The van der Waals surface area contributed by atoms with Gasteiger partial charge in [-0.1, -0.05) is 90.4 Å². The van der Waals surface area contributed by atoms with Crippen molar-refractivity contribution in [2.45, 2.75) is 155 Å². The zero-order chi connectivity index (χ0) is 37.2. The minimum absolute atomic E-state index is 0.00595. The van der Waals surface area contributed by atoms with E-state index in [0.29, 0.717) is 13.0 Å². The lowest BCUT2D eigenvalue weighted by atomic mass is 10.0. The average Bonchev–Trinajstić information content (AvgIpc) is 3.06. The third-order valence-corrected chi connectivity index (χ3v) is 8.59. The molecule has 0 saturated carbocycles. The number of amides is 3. The van der Waals surface area contributed by atoms with E-state index in [9.17, 15) is 33.9 Å². The second kappa shape index (κ2) is 33.1. The van der Waals surface area contributed by atoms with Gasteiger partial charge in [-0.05, 0) is 39.0 Å². The van der Waals surface area contributed by atoms with Crippen molar-refractivity contribution in [3.63, 3.8) is 0 Å². The van der Waals surface area contributed by atoms with Crippen LogP contribution in [-0.2, 0) is 38.2 Å². The molecule has 0 aromatic rings. The molecular weight excluding hydrogens is 646 g/mol. The topological polar surface area (TPSA) is 197 Å². The minimum Gasteiger partial charge on any atom is -0.481 e. The molecule has 5 N–H and O–H groups in total. The number of carbonyl (C=O) groups is 6. The number of aliphatic carboxylic acids is 2. The van der Waals surface area contributed by atoms with Gasteiger partial charge in [-0.2, -0.15) is 0 Å². The number of hydrogen-bond donors (Lipinski definition) is 5. The molecule has 0 bridgehead atoms. The highest BCUT2D eigenvalue weighted by molar-refractivity contribution is 5.84. The summed E-state index contributed by atoms with van der Waals surface area (Å²) >= 11 is 0. The van der Waals surface area contributed by atoms with Gasteiger partial charge in [0.1, 0.15) is 18.4 Å². The number of carbonyl (C=O) groups excluding carboxylic acids is 4. The Morgan fingerprint density at radius 2 is 1.06 bits per heavy atom. The third-order valence-electron chi connectivity index (χ3n) is 8.59. The number of ketones is 1. The maximum Gasteiger partial charge on any atom is 0.326 e. The van der Waals surface area contributed by atoms with Gasteiger partial charge in [0.2, 0.25) is 17.7 Å². The van der Waals surface area contributed by atoms with Crippen LogP contribution in [0.5, 0.6) is 0 Å². The van der Waals surface area contributed by atoms with Crippen molar-refractivity contribution in [3.05, 3.63) is 0 Å². The number of Topliss-reactive ketones (excluding diaryl/α,β-unsaturated/α-hetero) is 1. The molecule has 0 fully saturated rings. The van der Waals surface area contributed by atoms with Gasteiger partial charge in [-0.3, -0.25) is 24.0 Å². The van der Waals surface area contributed by atoms with E-state index in [1.54, 1.807) is 6.92 Å². The number of ether oxygens (including phenoxy) is 2. The largest absolute Gasteiger partial charge is 0.481 e. The van der Waals surface area contributed by atoms with E-state index < -0.39 is 18.0 Å². The fourth-order valence-electron chi connectivity index (χ4n) is 5.28. The molecule has 0 aromatic carbocycles. The minimum atomic E-state index is -1.17. The van der Waals surface area contributed by atoms with Gasteiger partial charge >= 0.3 is 11.9 Å². The van der Waals surface area contributed by atoms with E-state index in [-0.39, 0.29) is 88.1 Å². The standard InChI is InChI=1S/C37H67N3O10/c1-30(31(2)41)19-17-18-24-38-35(44)29-50-28-27-49-26-25-39-33(42)23-22-32(37(47)48)40-34(43)20-15-13-11-9-7-5-3-4-6-8-10-12-14-16-21-36(45)46/h30,32H,3-29H2,1-2H3,(H,38,44)(H,39,42)(H,40,43)(H,45,46)(H,47,48)/t30-,32-/m0/s1. The molecule has 0 radical (unpaired) electrons. The Morgan fingerprint density at radius 3 is 1.60 bits per heavy atom. The summed E-state index contributed by atoms with van der Waals surface area (Å²) in [6.45, 7) is 4.90.